The van der Waals surface area contributed by atoms with Gasteiger partial charge in [0.2, 0.25) is 0 Å². The number of carbonyl (C=O) groups is 2. The van der Waals surface area contributed by atoms with E-state index < -0.39 is 88.9 Å². The van der Waals surface area contributed by atoms with E-state index in [2.05, 4.69) is 6.58 Å². The number of benzene rings is 1. The lowest BCUT2D eigenvalue weighted by Gasteiger charge is -2.61. The summed E-state index contributed by atoms with van der Waals surface area (Å²) in [5, 5.41) is 34.5. The van der Waals surface area contributed by atoms with Gasteiger partial charge in [-0.1, -0.05) is 68.1 Å². The van der Waals surface area contributed by atoms with Gasteiger partial charge in [-0.15, -0.1) is 0 Å². The van der Waals surface area contributed by atoms with Crippen LogP contribution in [0.3, 0.4) is 0 Å². The van der Waals surface area contributed by atoms with Crippen molar-refractivity contribution in [1.82, 2.24) is 0 Å². The number of allylic oxidation sites excluding steroid dienone is 2. The van der Waals surface area contributed by atoms with Crippen LogP contribution in [0.25, 0.3) is 6.08 Å². The van der Waals surface area contributed by atoms with Crippen LogP contribution in [0.4, 0.5) is 0 Å². The van der Waals surface area contributed by atoms with E-state index in [1.807, 2.05) is 43.3 Å². The number of carbonyl (C=O) groups excluding carboxylic acids is 2. The first-order chi connectivity index (χ1) is 20.3. The van der Waals surface area contributed by atoms with Gasteiger partial charge in [0.25, 0.3) is 0 Å². The number of aliphatic hydroxyl groups excluding tert-OH is 2. The molecule has 0 amide bonds. The zero-order valence-corrected chi connectivity index (χ0v) is 24.4. The Balaban J connectivity index is 1.45. The van der Waals surface area contributed by atoms with Crippen molar-refractivity contribution < 1.29 is 48.6 Å². The predicted molar refractivity (Wildman–Crippen MR) is 151 cm³/mol. The van der Waals surface area contributed by atoms with E-state index >= 15 is 0 Å². The highest BCUT2D eigenvalue weighted by atomic mass is 16.9. The van der Waals surface area contributed by atoms with E-state index in [1.165, 1.54) is 6.92 Å². The molecule has 228 valence electrons. The summed E-state index contributed by atoms with van der Waals surface area (Å²) >= 11 is 0. The molecule has 3 aliphatic carbocycles. The number of aliphatic hydroxyl groups is 3. The molecule has 2 saturated carbocycles. The zero-order chi connectivity index (χ0) is 30.7. The van der Waals surface area contributed by atoms with Crippen LogP contribution in [0.1, 0.15) is 33.3 Å². The quantitative estimate of drug-likeness (QED) is 0.194. The molecule has 5 fully saturated rings. The van der Waals surface area contributed by atoms with Gasteiger partial charge in [0, 0.05) is 30.8 Å². The van der Waals surface area contributed by atoms with Gasteiger partial charge in [-0.2, -0.15) is 0 Å². The van der Waals surface area contributed by atoms with E-state index in [0.717, 1.165) is 5.56 Å². The largest absolute Gasteiger partial charge is 0.459 e. The van der Waals surface area contributed by atoms with Gasteiger partial charge in [-0.05, 0) is 30.6 Å². The van der Waals surface area contributed by atoms with Gasteiger partial charge < -0.3 is 39.0 Å². The topological polar surface area (TPSA) is 144 Å². The van der Waals surface area contributed by atoms with E-state index in [1.54, 1.807) is 38.2 Å². The highest BCUT2D eigenvalue weighted by molar-refractivity contribution is 6.05. The lowest BCUT2D eigenvalue weighted by Crippen LogP contribution is -2.76. The SMILES string of the molecule is C=C(C)[C@@]12OC3(/C=C/C=C/c4ccccc4)O[C@@H]1[C@@H]1[C@@H]4O[C@]4(CO)[C@@H](O)[C@]4(O)C(=O)C(C)=C[C@H]4[C@@]1(O3)[C@H](C)[C@H]2OC(C)=O. The lowest BCUT2D eigenvalue weighted by atomic mass is 9.53. The summed E-state index contributed by atoms with van der Waals surface area (Å²) < 4.78 is 32.4. The number of ether oxygens (including phenoxy) is 5. The fourth-order valence-corrected chi connectivity index (χ4v) is 8.71. The molecule has 0 radical (unpaired) electrons. The van der Waals surface area contributed by atoms with E-state index in [9.17, 15) is 24.9 Å². The zero-order valence-electron chi connectivity index (χ0n) is 24.4. The lowest BCUT2D eigenvalue weighted by molar-refractivity contribution is -0.407. The monoisotopic (exact) mass is 592 g/mol. The van der Waals surface area contributed by atoms with Crippen molar-refractivity contribution >= 4 is 17.8 Å². The summed E-state index contributed by atoms with van der Waals surface area (Å²) in [6, 6.07) is 9.69. The number of ketones is 1. The maximum absolute atomic E-state index is 13.7. The van der Waals surface area contributed by atoms with Gasteiger partial charge >= 0.3 is 11.9 Å². The Bertz CT molecular complexity index is 1500. The molecule has 0 spiro atoms. The molecule has 7 rings (SSSR count). The summed E-state index contributed by atoms with van der Waals surface area (Å²) in [7, 11) is 0. The van der Waals surface area contributed by atoms with Crippen LogP contribution in [-0.2, 0) is 33.3 Å². The summed E-state index contributed by atoms with van der Waals surface area (Å²) in [5.41, 5.74) is -5.28. The van der Waals surface area contributed by atoms with Gasteiger partial charge in [0.15, 0.2) is 17.0 Å². The van der Waals surface area contributed by atoms with Gasteiger partial charge in [-0.25, -0.2) is 0 Å². The molecule has 1 aromatic rings. The second-order valence-electron chi connectivity index (χ2n) is 12.8. The number of esters is 1. The van der Waals surface area contributed by atoms with Gasteiger partial charge in [0.05, 0.1) is 12.2 Å². The van der Waals surface area contributed by atoms with Crippen LogP contribution in [0.5, 0.6) is 0 Å². The highest BCUT2D eigenvalue weighted by Gasteiger charge is 2.90. The number of Topliss-reactive ketones (excluding diaryl/α,β-unsaturated/α-hetero) is 1. The van der Waals surface area contributed by atoms with Crippen molar-refractivity contribution in [2.45, 2.75) is 80.5 Å². The van der Waals surface area contributed by atoms with Crippen LogP contribution < -0.4 is 0 Å². The Morgan fingerprint density at radius 2 is 1.84 bits per heavy atom. The Hall–Kier alpha value is -2.96. The van der Waals surface area contributed by atoms with Crippen molar-refractivity contribution in [3.05, 3.63) is 77.9 Å². The van der Waals surface area contributed by atoms with Gasteiger partial charge in [-0.3, -0.25) is 9.59 Å². The predicted octanol–water partition coefficient (Wildman–Crippen LogP) is 1.99. The first kappa shape index (κ1) is 28.8. The summed E-state index contributed by atoms with van der Waals surface area (Å²) in [6.07, 6.45) is 4.05. The number of hydrogen-bond donors (Lipinski definition) is 3. The molecule has 10 nitrogen and oxygen atoms in total. The molecular weight excluding hydrogens is 556 g/mol. The number of fused-ring (bicyclic) bond motifs is 3. The fraction of sp³-hybridized carbons (Fsp3) is 0.515. The van der Waals surface area contributed by atoms with Crippen molar-refractivity contribution in [3.8, 4) is 0 Å². The molecule has 1 unspecified atom stereocenters. The molecule has 3 saturated heterocycles. The molecule has 10 heteroatoms. The van der Waals surface area contributed by atoms with Crippen molar-refractivity contribution in [2.24, 2.45) is 17.8 Å². The Morgan fingerprint density at radius 1 is 1.12 bits per heavy atom. The molecular formula is C33H36O10. The van der Waals surface area contributed by atoms with Crippen molar-refractivity contribution in [1.29, 1.82) is 0 Å². The minimum Gasteiger partial charge on any atom is -0.459 e. The summed E-state index contributed by atoms with van der Waals surface area (Å²) in [4.78, 5) is 26.3. The van der Waals surface area contributed by atoms with E-state index in [4.69, 9.17) is 23.7 Å². The van der Waals surface area contributed by atoms with Crippen molar-refractivity contribution in [3.63, 3.8) is 0 Å². The highest BCUT2D eigenvalue weighted by Crippen LogP contribution is 2.73. The second-order valence-corrected chi connectivity index (χ2v) is 12.8. The Morgan fingerprint density at radius 3 is 2.49 bits per heavy atom. The number of hydrogen-bond acceptors (Lipinski definition) is 10. The Labute approximate surface area is 249 Å². The molecule has 0 aromatic heterocycles. The van der Waals surface area contributed by atoms with E-state index in [-0.39, 0.29) is 5.57 Å². The normalized spacial score (nSPS) is 49.0. The molecule has 12 atom stereocenters. The molecule has 43 heavy (non-hydrogen) atoms. The number of epoxide rings is 1. The smallest absolute Gasteiger partial charge is 0.307 e. The minimum atomic E-state index is -2.40. The second kappa shape index (κ2) is 9.04. The summed E-state index contributed by atoms with van der Waals surface area (Å²) in [6.45, 7) is 10.00. The summed E-state index contributed by atoms with van der Waals surface area (Å²) in [5.74, 6) is -5.72. The number of rotatable bonds is 6. The van der Waals surface area contributed by atoms with Crippen LogP contribution >= 0.6 is 0 Å². The molecule has 6 aliphatic rings. The minimum absolute atomic E-state index is 0.235. The molecule has 1 aromatic carbocycles. The maximum atomic E-state index is 13.7. The fourth-order valence-electron chi connectivity index (χ4n) is 8.71. The molecule has 3 N–H and O–H groups in total. The van der Waals surface area contributed by atoms with Crippen LogP contribution in [0, 0.1) is 17.8 Å². The molecule has 3 bridgehead atoms. The van der Waals surface area contributed by atoms with Crippen LogP contribution in [0.15, 0.2) is 72.4 Å². The third kappa shape index (κ3) is 3.37. The standard InChI is InChI=1S/C33H36O10/c1-17(2)32-25(39-20(5)35)19(4)33-22-15-18(3)24(36)31(22,38)28(37)29(16-34)26(40-29)23(33)27(32)41-30(42-32,43-33)14-10-9-13-21-11-7-6-8-12-21/h6-15,19,22-23,25-28,34,37-38H,1,16H2,2-5H3/b13-9+,14-10+/t19-,22-,23+,25-,26+,27-,28-,29+,30?,31-,32+,33+/m1/s1. The van der Waals surface area contributed by atoms with Crippen LogP contribution in [0.2, 0.25) is 0 Å². The third-order valence-electron chi connectivity index (χ3n) is 10.6. The van der Waals surface area contributed by atoms with Crippen molar-refractivity contribution in [2.75, 3.05) is 6.61 Å². The first-order valence-electron chi connectivity index (χ1n) is 14.6. The molecule has 3 aliphatic heterocycles. The van der Waals surface area contributed by atoms with Crippen LogP contribution in [-0.4, -0.2) is 86.5 Å². The third-order valence-corrected chi connectivity index (χ3v) is 10.6. The first-order valence-corrected chi connectivity index (χ1v) is 14.6. The Kier molecular flexibility index (Phi) is 6.05. The average molecular weight is 593 g/mol. The van der Waals surface area contributed by atoms with Gasteiger partial charge in [0.1, 0.15) is 30.0 Å². The maximum Gasteiger partial charge on any atom is 0.307 e. The molecule has 3 heterocycles. The van der Waals surface area contributed by atoms with E-state index in [0.29, 0.717) is 5.57 Å². The average Bonchev–Trinajstić information content (AvgIpc) is 3.60.